The number of nitrogens with zero attached hydrogens (tertiary/aromatic N) is 1. The van der Waals surface area contributed by atoms with Gasteiger partial charge in [0, 0.05) is 0 Å². The number of carbonyl (C=O) groups excluding carboxylic acids is 3. The number of esters is 1. The SMILES string of the molecule is CCCOc1ccc(/C=C2\SC(=O)N(CC(=O)OC)C2=O)cc1Br. The summed E-state index contributed by atoms with van der Waals surface area (Å²) in [5.41, 5.74) is 0.745. The predicted octanol–water partition coefficient (Wildman–Crippen LogP) is 3.45. The molecule has 0 N–H and O–H groups in total. The average Bonchev–Trinajstić information content (AvgIpc) is 2.81. The molecule has 0 atom stereocenters. The highest BCUT2D eigenvalue weighted by Gasteiger charge is 2.36. The van der Waals surface area contributed by atoms with Crippen LogP contribution in [0.2, 0.25) is 0 Å². The van der Waals surface area contributed by atoms with Crippen molar-refractivity contribution in [1.82, 2.24) is 4.90 Å². The van der Waals surface area contributed by atoms with Crippen molar-refractivity contribution in [2.24, 2.45) is 0 Å². The summed E-state index contributed by atoms with van der Waals surface area (Å²) < 4.78 is 10.8. The summed E-state index contributed by atoms with van der Waals surface area (Å²) in [4.78, 5) is 36.5. The lowest BCUT2D eigenvalue weighted by Gasteiger charge is -2.10. The van der Waals surface area contributed by atoms with Gasteiger partial charge in [0.05, 0.1) is 23.1 Å². The summed E-state index contributed by atoms with van der Waals surface area (Å²) in [5.74, 6) is -0.427. The van der Waals surface area contributed by atoms with Crippen LogP contribution in [-0.2, 0) is 14.3 Å². The smallest absolute Gasteiger partial charge is 0.325 e. The number of imide groups is 1. The monoisotopic (exact) mass is 413 g/mol. The zero-order valence-corrected chi connectivity index (χ0v) is 15.6. The first kappa shape index (κ1) is 18.5. The van der Waals surface area contributed by atoms with E-state index in [1.807, 2.05) is 6.92 Å². The third-order valence-electron chi connectivity index (χ3n) is 3.10. The van der Waals surface area contributed by atoms with Crippen molar-refractivity contribution in [1.29, 1.82) is 0 Å². The van der Waals surface area contributed by atoms with E-state index in [-0.39, 0.29) is 11.4 Å². The third kappa shape index (κ3) is 4.39. The minimum atomic E-state index is -0.640. The highest BCUT2D eigenvalue weighted by atomic mass is 79.9. The minimum absolute atomic E-state index is 0.262. The molecule has 1 heterocycles. The van der Waals surface area contributed by atoms with Gasteiger partial charge in [-0.2, -0.15) is 0 Å². The lowest BCUT2D eigenvalue weighted by Crippen LogP contribution is -2.34. The standard InChI is InChI=1S/C16H16BrNO5S/c1-3-6-23-12-5-4-10(7-11(12)17)8-13-15(20)18(16(21)24-13)9-14(19)22-2/h4-5,7-8H,3,6,9H2,1-2H3/b13-8-. The van der Waals surface area contributed by atoms with Crippen molar-refractivity contribution in [3.05, 3.63) is 33.1 Å². The van der Waals surface area contributed by atoms with E-state index in [0.29, 0.717) is 12.4 Å². The number of methoxy groups -OCH3 is 1. The van der Waals surface area contributed by atoms with E-state index in [1.54, 1.807) is 24.3 Å². The van der Waals surface area contributed by atoms with E-state index >= 15 is 0 Å². The summed E-state index contributed by atoms with van der Waals surface area (Å²) in [6.45, 7) is 2.25. The maximum absolute atomic E-state index is 12.2. The van der Waals surface area contributed by atoms with Crippen LogP contribution in [0.1, 0.15) is 18.9 Å². The number of halogens is 1. The number of thioether (sulfide) groups is 1. The van der Waals surface area contributed by atoms with Crippen molar-refractivity contribution in [3.63, 3.8) is 0 Å². The van der Waals surface area contributed by atoms with Crippen LogP contribution in [-0.4, -0.2) is 42.3 Å². The van der Waals surface area contributed by atoms with Gasteiger partial charge in [0.15, 0.2) is 0 Å². The zero-order chi connectivity index (χ0) is 17.7. The largest absolute Gasteiger partial charge is 0.492 e. The van der Waals surface area contributed by atoms with Crippen molar-refractivity contribution >= 4 is 50.9 Å². The lowest BCUT2D eigenvalue weighted by molar-refractivity contribution is -0.143. The number of benzene rings is 1. The Kier molecular flexibility index (Phi) is 6.44. The molecular weight excluding hydrogens is 398 g/mol. The molecule has 1 saturated heterocycles. The van der Waals surface area contributed by atoms with Gasteiger partial charge in [0.1, 0.15) is 12.3 Å². The molecular formula is C16H16BrNO5S. The van der Waals surface area contributed by atoms with E-state index < -0.39 is 17.1 Å². The first-order valence-electron chi connectivity index (χ1n) is 7.20. The molecule has 0 radical (unpaired) electrons. The van der Waals surface area contributed by atoms with E-state index in [9.17, 15) is 14.4 Å². The van der Waals surface area contributed by atoms with Crippen molar-refractivity contribution < 1.29 is 23.9 Å². The molecule has 0 saturated carbocycles. The Balaban J connectivity index is 2.16. The Bertz CT molecular complexity index is 704. The highest BCUT2D eigenvalue weighted by Crippen LogP contribution is 2.33. The molecule has 2 rings (SSSR count). The van der Waals surface area contributed by atoms with Crippen molar-refractivity contribution in [2.75, 3.05) is 20.3 Å². The number of hydrogen-bond acceptors (Lipinski definition) is 6. The fourth-order valence-corrected chi connectivity index (χ4v) is 3.27. The van der Waals surface area contributed by atoms with E-state index in [4.69, 9.17) is 4.74 Å². The van der Waals surface area contributed by atoms with E-state index in [2.05, 4.69) is 20.7 Å². The number of amides is 2. The molecule has 0 unspecified atom stereocenters. The van der Waals surface area contributed by atoms with E-state index in [1.165, 1.54) is 7.11 Å². The van der Waals surface area contributed by atoms with Gasteiger partial charge in [-0.15, -0.1) is 0 Å². The minimum Gasteiger partial charge on any atom is -0.492 e. The van der Waals surface area contributed by atoms with Crippen LogP contribution in [0.4, 0.5) is 4.79 Å². The van der Waals surface area contributed by atoms with Crippen molar-refractivity contribution in [3.8, 4) is 5.75 Å². The van der Waals surface area contributed by atoms with Crippen LogP contribution < -0.4 is 4.74 Å². The Morgan fingerprint density at radius 2 is 2.12 bits per heavy atom. The normalized spacial score (nSPS) is 16.0. The van der Waals surface area contributed by atoms with Gasteiger partial charge >= 0.3 is 5.97 Å². The molecule has 1 aliphatic heterocycles. The average molecular weight is 414 g/mol. The summed E-state index contributed by atoms with van der Waals surface area (Å²) in [7, 11) is 1.21. The molecule has 2 amide bonds. The van der Waals surface area contributed by atoms with Crippen LogP contribution >= 0.6 is 27.7 Å². The maximum atomic E-state index is 12.2. The van der Waals surface area contributed by atoms with E-state index in [0.717, 1.165) is 33.1 Å². The summed E-state index contributed by atoms with van der Waals surface area (Å²) in [6.07, 6.45) is 2.51. The Morgan fingerprint density at radius 1 is 1.38 bits per heavy atom. The van der Waals surface area contributed by atoms with Gasteiger partial charge < -0.3 is 9.47 Å². The first-order chi connectivity index (χ1) is 11.5. The molecule has 1 aromatic rings. The summed E-state index contributed by atoms with van der Waals surface area (Å²) >= 11 is 4.22. The summed E-state index contributed by atoms with van der Waals surface area (Å²) in [5, 5.41) is -0.487. The molecule has 1 aromatic carbocycles. The Labute approximate surface area is 152 Å². The van der Waals surface area contributed by atoms with Crippen LogP contribution in [0.5, 0.6) is 5.75 Å². The maximum Gasteiger partial charge on any atom is 0.325 e. The van der Waals surface area contributed by atoms with Gasteiger partial charge in [-0.3, -0.25) is 19.3 Å². The highest BCUT2D eigenvalue weighted by molar-refractivity contribution is 9.10. The molecule has 0 aromatic heterocycles. The number of ether oxygens (including phenoxy) is 2. The second-order valence-electron chi connectivity index (χ2n) is 4.88. The molecule has 128 valence electrons. The number of carbonyl (C=O) groups is 3. The molecule has 0 aliphatic carbocycles. The van der Waals surface area contributed by atoms with Gasteiger partial charge in [-0.1, -0.05) is 13.0 Å². The number of rotatable bonds is 6. The molecule has 24 heavy (non-hydrogen) atoms. The van der Waals surface area contributed by atoms with Crippen LogP contribution in [0.3, 0.4) is 0 Å². The van der Waals surface area contributed by atoms with Crippen LogP contribution in [0, 0.1) is 0 Å². The Hall–Kier alpha value is -1.80. The van der Waals surface area contributed by atoms with Gasteiger partial charge in [-0.05, 0) is 57.9 Å². The first-order valence-corrected chi connectivity index (χ1v) is 8.81. The summed E-state index contributed by atoms with van der Waals surface area (Å²) in [6, 6.07) is 5.40. The Morgan fingerprint density at radius 3 is 2.75 bits per heavy atom. The second-order valence-corrected chi connectivity index (χ2v) is 6.73. The number of hydrogen-bond donors (Lipinski definition) is 0. The fraction of sp³-hybridized carbons (Fsp3) is 0.312. The molecule has 1 aliphatic rings. The lowest BCUT2D eigenvalue weighted by atomic mass is 10.2. The molecule has 0 spiro atoms. The zero-order valence-electron chi connectivity index (χ0n) is 13.2. The van der Waals surface area contributed by atoms with Crippen LogP contribution in [0.25, 0.3) is 6.08 Å². The van der Waals surface area contributed by atoms with Gasteiger partial charge in [0.2, 0.25) is 0 Å². The fourth-order valence-electron chi connectivity index (χ4n) is 1.92. The molecule has 0 bridgehead atoms. The second kappa shape index (κ2) is 8.34. The molecule has 8 heteroatoms. The quantitative estimate of drug-likeness (QED) is 0.525. The molecule has 1 fully saturated rings. The topological polar surface area (TPSA) is 72.9 Å². The molecule has 6 nitrogen and oxygen atoms in total. The third-order valence-corrected chi connectivity index (χ3v) is 4.63. The van der Waals surface area contributed by atoms with Gasteiger partial charge in [-0.25, -0.2) is 0 Å². The van der Waals surface area contributed by atoms with Crippen molar-refractivity contribution in [2.45, 2.75) is 13.3 Å². The van der Waals surface area contributed by atoms with Crippen LogP contribution in [0.15, 0.2) is 27.6 Å². The predicted molar refractivity (Wildman–Crippen MR) is 94.6 cm³/mol. The van der Waals surface area contributed by atoms with Gasteiger partial charge in [0.25, 0.3) is 11.1 Å².